The standard InChI is InChI=1S/C16H27ClN2O/c1-4-12-9-7-8-10-16(12,20)11-14-15(17)13(5-2)18-19(14)6-3/h12,20H,4-11H2,1-3H3. The van der Waals surface area contributed by atoms with Gasteiger partial charge in [-0.2, -0.15) is 5.10 Å². The molecule has 20 heavy (non-hydrogen) atoms. The normalized spacial score (nSPS) is 26.9. The van der Waals surface area contributed by atoms with E-state index in [4.69, 9.17) is 11.6 Å². The lowest BCUT2D eigenvalue weighted by Gasteiger charge is -2.40. The second kappa shape index (κ2) is 6.48. The Labute approximate surface area is 127 Å². The summed E-state index contributed by atoms with van der Waals surface area (Å²) in [6, 6.07) is 0. The van der Waals surface area contributed by atoms with Gasteiger partial charge in [-0.05, 0) is 32.1 Å². The van der Waals surface area contributed by atoms with Crippen LogP contribution < -0.4 is 0 Å². The molecule has 0 amide bonds. The Morgan fingerprint density at radius 1 is 1.35 bits per heavy atom. The van der Waals surface area contributed by atoms with Crippen LogP contribution >= 0.6 is 11.6 Å². The molecule has 0 spiro atoms. The first-order chi connectivity index (χ1) is 9.55. The minimum absolute atomic E-state index is 0.387. The van der Waals surface area contributed by atoms with Crippen LogP contribution in [0.1, 0.15) is 64.3 Å². The SMILES string of the molecule is CCc1nn(CC)c(CC2(O)CCCCC2CC)c1Cl. The van der Waals surface area contributed by atoms with Gasteiger partial charge in [0, 0.05) is 13.0 Å². The van der Waals surface area contributed by atoms with Gasteiger partial charge in [-0.3, -0.25) is 4.68 Å². The van der Waals surface area contributed by atoms with Gasteiger partial charge in [0.25, 0.3) is 0 Å². The zero-order valence-electron chi connectivity index (χ0n) is 13.0. The number of nitrogens with zero attached hydrogens (tertiary/aromatic N) is 2. The highest BCUT2D eigenvalue weighted by Gasteiger charge is 2.39. The van der Waals surface area contributed by atoms with Gasteiger partial charge < -0.3 is 5.11 Å². The van der Waals surface area contributed by atoms with Gasteiger partial charge in [0.15, 0.2) is 0 Å². The monoisotopic (exact) mass is 298 g/mol. The minimum Gasteiger partial charge on any atom is -0.389 e. The van der Waals surface area contributed by atoms with Crippen LogP contribution in [0.15, 0.2) is 0 Å². The Morgan fingerprint density at radius 2 is 2.10 bits per heavy atom. The molecule has 1 fully saturated rings. The van der Waals surface area contributed by atoms with Gasteiger partial charge in [0.2, 0.25) is 0 Å². The fourth-order valence-electron chi connectivity index (χ4n) is 3.59. The summed E-state index contributed by atoms with van der Waals surface area (Å²) in [5, 5.41) is 16.4. The Hall–Kier alpha value is -0.540. The van der Waals surface area contributed by atoms with E-state index >= 15 is 0 Å². The number of rotatable bonds is 5. The molecule has 1 aliphatic rings. The molecule has 0 saturated heterocycles. The summed E-state index contributed by atoms with van der Waals surface area (Å²) < 4.78 is 1.97. The fourth-order valence-corrected chi connectivity index (χ4v) is 3.92. The topological polar surface area (TPSA) is 38.0 Å². The highest BCUT2D eigenvalue weighted by Crippen LogP contribution is 2.39. The molecule has 114 valence electrons. The quantitative estimate of drug-likeness (QED) is 0.892. The Kier molecular flexibility index (Phi) is 5.14. The molecule has 0 aliphatic heterocycles. The summed E-state index contributed by atoms with van der Waals surface area (Å²) in [4.78, 5) is 0. The predicted octanol–water partition coefficient (Wildman–Crippen LogP) is 3.99. The van der Waals surface area contributed by atoms with Crippen LogP contribution in [0, 0.1) is 5.92 Å². The van der Waals surface area contributed by atoms with E-state index in [1.54, 1.807) is 0 Å². The summed E-state index contributed by atoms with van der Waals surface area (Å²) in [5.74, 6) is 0.387. The van der Waals surface area contributed by atoms with E-state index in [1.165, 1.54) is 6.42 Å². The molecule has 2 unspecified atom stereocenters. The van der Waals surface area contributed by atoms with Gasteiger partial charge in [0.1, 0.15) is 0 Å². The van der Waals surface area contributed by atoms with E-state index in [0.29, 0.717) is 12.3 Å². The van der Waals surface area contributed by atoms with E-state index in [2.05, 4.69) is 25.9 Å². The molecular formula is C16H27ClN2O. The first-order valence-corrected chi connectivity index (χ1v) is 8.39. The molecule has 1 aliphatic carbocycles. The molecule has 2 rings (SSSR count). The Bertz CT molecular complexity index is 458. The van der Waals surface area contributed by atoms with E-state index in [0.717, 1.165) is 55.1 Å². The molecule has 0 bridgehead atoms. The second-order valence-corrected chi connectivity index (χ2v) is 6.39. The van der Waals surface area contributed by atoms with Crippen molar-refractivity contribution in [1.82, 2.24) is 9.78 Å². The van der Waals surface area contributed by atoms with Crippen LogP contribution in [0.5, 0.6) is 0 Å². The van der Waals surface area contributed by atoms with Crippen molar-refractivity contribution in [2.45, 2.75) is 77.9 Å². The molecule has 0 aromatic carbocycles. The molecule has 1 N–H and O–H groups in total. The third-order valence-corrected chi connectivity index (χ3v) is 5.27. The summed E-state index contributed by atoms with van der Waals surface area (Å²) in [6.07, 6.45) is 6.89. The number of hydrogen-bond donors (Lipinski definition) is 1. The van der Waals surface area contributed by atoms with E-state index in [9.17, 15) is 5.11 Å². The maximum absolute atomic E-state index is 11.1. The van der Waals surface area contributed by atoms with Crippen molar-refractivity contribution in [3.63, 3.8) is 0 Å². The largest absolute Gasteiger partial charge is 0.389 e. The van der Waals surface area contributed by atoms with Crippen molar-refractivity contribution >= 4 is 11.6 Å². The molecule has 3 nitrogen and oxygen atoms in total. The van der Waals surface area contributed by atoms with Gasteiger partial charge in [-0.15, -0.1) is 0 Å². The maximum atomic E-state index is 11.1. The average molecular weight is 299 g/mol. The van der Waals surface area contributed by atoms with Crippen LogP contribution in [-0.2, 0) is 19.4 Å². The first-order valence-electron chi connectivity index (χ1n) is 8.02. The van der Waals surface area contributed by atoms with Gasteiger partial charge in [0.05, 0.1) is 22.0 Å². The zero-order valence-corrected chi connectivity index (χ0v) is 13.7. The predicted molar refractivity (Wildman–Crippen MR) is 83.2 cm³/mol. The van der Waals surface area contributed by atoms with Crippen molar-refractivity contribution in [3.05, 3.63) is 16.4 Å². The third-order valence-electron chi connectivity index (χ3n) is 4.83. The highest BCUT2D eigenvalue weighted by atomic mass is 35.5. The molecule has 1 aromatic heterocycles. The van der Waals surface area contributed by atoms with Gasteiger partial charge in [-0.25, -0.2) is 0 Å². The van der Waals surface area contributed by atoms with E-state index in [-0.39, 0.29) is 0 Å². The number of aliphatic hydroxyl groups is 1. The van der Waals surface area contributed by atoms with Gasteiger partial charge >= 0.3 is 0 Å². The smallest absolute Gasteiger partial charge is 0.0850 e. The summed E-state index contributed by atoms with van der Waals surface area (Å²) >= 11 is 6.49. The molecule has 2 atom stereocenters. The van der Waals surface area contributed by atoms with Crippen molar-refractivity contribution in [2.75, 3.05) is 0 Å². The molecule has 1 aromatic rings. The van der Waals surface area contributed by atoms with Crippen molar-refractivity contribution in [2.24, 2.45) is 5.92 Å². The number of hydrogen-bond acceptors (Lipinski definition) is 2. The van der Waals surface area contributed by atoms with Crippen molar-refractivity contribution < 1.29 is 5.11 Å². The van der Waals surface area contributed by atoms with Crippen LogP contribution in [0.25, 0.3) is 0 Å². The van der Waals surface area contributed by atoms with Crippen molar-refractivity contribution in [1.29, 1.82) is 0 Å². The van der Waals surface area contributed by atoms with Crippen molar-refractivity contribution in [3.8, 4) is 0 Å². The average Bonchev–Trinajstić information content (AvgIpc) is 2.75. The number of aryl methyl sites for hydroxylation is 2. The Balaban J connectivity index is 2.30. The van der Waals surface area contributed by atoms with Crippen LogP contribution in [0.4, 0.5) is 0 Å². The fraction of sp³-hybridized carbons (Fsp3) is 0.812. The summed E-state index contributed by atoms with van der Waals surface area (Å²) in [7, 11) is 0. The number of aromatic nitrogens is 2. The lowest BCUT2D eigenvalue weighted by atomic mass is 9.72. The summed E-state index contributed by atoms with van der Waals surface area (Å²) in [5.41, 5.74) is 1.37. The van der Waals surface area contributed by atoms with Crippen LogP contribution in [0.3, 0.4) is 0 Å². The lowest BCUT2D eigenvalue weighted by Crippen LogP contribution is -2.43. The lowest BCUT2D eigenvalue weighted by molar-refractivity contribution is -0.0504. The first kappa shape index (κ1) is 15.8. The zero-order chi connectivity index (χ0) is 14.8. The molecule has 1 saturated carbocycles. The maximum Gasteiger partial charge on any atom is 0.0850 e. The van der Waals surface area contributed by atoms with Crippen LogP contribution in [0.2, 0.25) is 5.02 Å². The third kappa shape index (κ3) is 2.89. The summed E-state index contributed by atoms with van der Waals surface area (Å²) in [6.45, 7) is 7.13. The molecular weight excluding hydrogens is 272 g/mol. The minimum atomic E-state index is -0.603. The second-order valence-electron chi connectivity index (χ2n) is 6.01. The Morgan fingerprint density at radius 3 is 2.70 bits per heavy atom. The van der Waals surface area contributed by atoms with E-state index in [1.807, 2.05) is 4.68 Å². The molecule has 0 radical (unpaired) electrons. The van der Waals surface area contributed by atoms with Crippen LogP contribution in [-0.4, -0.2) is 20.5 Å². The van der Waals surface area contributed by atoms with Gasteiger partial charge in [-0.1, -0.05) is 44.7 Å². The molecule has 4 heteroatoms. The molecule has 1 heterocycles. The highest BCUT2D eigenvalue weighted by molar-refractivity contribution is 6.31. The van der Waals surface area contributed by atoms with E-state index < -0.39 is 5.60 Å². The number of halogens is 1.